The highest BCUT2D eigenvalue weighted by molar-refractivity contribution is 5.93. The van der Waals surface area contributed by atoms with E-state index in [0.29, 0.717) is 17.1 Å². The smallest absolute Gasteiger partial charge is 0.269 e. The van der Waals surface area contributed by atoms with E-state index >= 15 is 0 Å². The number of carbonyl (C=O) groups excluding carboxylic acids is 1. The number of carbonyl (C=O) groups is 1. The third-order valence-corrected chi connectivity index (χ3v) is 3.43. The molecule has 2 aromatic rings. The van der Waals surface area contributed by atoms with Crippen molar-refractivity contribution in [3.63, 3.8) is 0 Å². The molecular formula is C14H14FN3O. The number of fused-ring (bicyclic) bond motifs is 1. The van der Waals surface area contributed by atoms with Gasteiger partial charge in [-0.25, -0.2) is 9.37 Å². The predicted octanol–water partition coefficient (Wildman–Crippen LogP) is 2.12. The van der Waals surface area contributed by atoms with Crippen molar-refractivity contribution in [2.45, 2.75) is 25.8 Å². The van der Waals surface area contributed by atoms with E-state index in [1.54, 1.807) is 12.1 Å². The summed E-state index contributed by atoms with van der Waals surface area (Å²) in [5.74, 6) is -0.206. The van der Waals surface area contributed by atoms with E-state index in [9.17, 15) is 9.18 Å². The molecule has 0 radical (unpaired) electrons. The summed E-state index contributed by atoms with van der Waals surface area (Å²) in [6.45, 7) is 0.793. The summed E-state index contributed by atoms with van der Waals surface area (Å²) in [6.07, 6.45) is 2.85. The number of amides is 1. The third-order valence-electron chi connectivity index (χ3n) is 3.43. The fourth-order valence-electron chi connectivity index (χ4n) is 2.59. The zero-order chi connectivity index (χ0) is 13.4. The van der Waals surface area contributed by atoms with Crippen LogP contribution in [0.4, 0.5) is 4.39 Å². The number of primary amides is 1. The van der Waals surface area contributed by atoms with Gasteiger partial charge in [0.15, 0.2) is 0 Å². The van der Waals surface area contributed by atoms with Crippen molar-refractivity contribution >= 4 is 5.91 Å². The molecule has 0 saturated carbocycles. The van der Waals surface area contributed by atoms with Crippen LogP contribution in [0.1, 0.15) is 29.0 Å². The first-order chi connectivity index (χ1) is 9.16. The second-order valence-corrected chi connectivity index (χ2v) is 4.71. The SMILES string of the molecule is NC(=O)c1nc(-c2cccc(F)c2)n2c1CCCC2. The molecule has 1 aliphatic rings. The topological polar surface area (TPSA) is 60.9 Å². The van der Waals surface area contributed by atoms with Crippen molar-refractivity contribution in [1.82, 2.24) is 9.55 Å². The number of hydrogen-bond donors (Lipinski definition) is 1. The molecule has 0 bridgehead atoms. The lowest BCUT2D eigenvalue weighted by Gasteiger charge is -2.17. The summed E-state index contributed by atoms with van der Waals surface area (Å²) in [5, 5.41) is 0. The van der Waals surface area contributed by atoms with Crippen LogP contribution in [0.15, 0.2) is 24.3 Å². The van der Waals surface area contributed by atoms with Crippen molar-refractivity contribution in [2.75, 3.05) is 0 Å². The van der Waals surface area contributed by atoms with Gasteiger partial charge in [-0.2, -0.15) is 0 Å². The van der Waals surface area contributed by atoms with Crippen LogP contribution in [0.5, 0.6) is 0 Å². The van der Waals surface area contributed by atoms with Crippen LogP contribution in [0.3, 0.4) is 0 Å². The first-order valence-corrected chi connectivity index (χ1v) is 6.32. The lowest BCUT2D eigenvalue weighted by atomic mass is 10.1. The summed E-state index contributed by atoms with van der Waals surface area (Å²) in [4.78, 5) is 15.8. The molecule has 0 unspecified atom stereocenters. The number of hydrogen-bond acceptors (Lipinski definition) is 2. The normalized spacial score (nSPS) is 14.2. The van der Waals surface area contributed by atoms with Gasteiger partial charge in [-0.3, -0.25) is 4.79 Å². The van der Waals surface area contributed by atoms with Crippen LogP contribution in [0.2, 0.25) is 0 Å². The molecule has 0 saturated heterocycles. The van der Waals surface area contributed by atoms with Crippen LogP contribution in [-0.2, 0) is 13.0 Å². The van der Waals surface area contributed by atoms with Crippen molar-refractivity contribution in [1.29, 1.82) is 0 Å². The van der Waals surface area contributed by atoms with Crippen molar-refractivity contribution in [3.05, 3.63) is 41.5 Å². The van der Waals surface area contributed by atoms with Gasteiger partial charge in [0, 0.05) is 12.1 Å². The van der Waals surface area contributed by atoms with Crippen molar-refractivity contribution in [3.8, 4) is 11.4 Å². The van der Waals surface area contributed by atoms with E-state index < -0.39 is 5.91 Å². The average Bonchev–Trinajstić information content (AvgIpc) is 2.78. The van der Waals surface area contributed by atoms with E-state index in [4.69, 9.17) is 5.73 Å². The Morgan fingerprint density at radius 1 is 1.37 bits per heavy atom. The van der Waals surface area contributed by atoms with E-state index in [0.717, 1.165) is 31.5 Å². The van der Waals surface area contributed by atoms with Gasteiger partial charge in [0.05, 0.1) is 5.69 Å². The predicted molar refractivity (Wildman–Crippen MR) is 69.1 cm³/mol. The Hall–Kier alpha value is -2.17. The number of rotatable bonds is 2. The molecule has 3 rings (SSSR count). The van der Waals surface area contributed by atoms with Crippen LogP contribution in [0, 0.1) is 5.82 Å². The van der Waals surface area contributed by atoms with Crippen LogP contribution >= 0.6 is 0 Å². The van der Waals surface area contributed by atoms with Crippen LogP contribution in [0.25, 0.3) is 11.4 Å². The molecule has 0 atom stereocenters. The van der Waals surface area contributed by atoms with Gasteiger partial charge < -0.3 is 10.3 Å². The Labute approximate surface area is 110 Å². The summed E-state index contributed by atoms with van der Waals surface area (Å²) >= 11 is 0. The minimum atomic E-state index is -0.520. The third kappa shape index (κ3) is 2.01. The van der Waals surface area contributed by atoms with Gasteiger partial charge in [-0.1, -0.05) is 12.1 Å². The molecule has 2 heterocycles. The Balaban J connectivity index is 2.19. The molecule has 19 heavy (non-hydrogen) atoms. The first kappa shape index (κ1) is 11.9. The van der Waals surface area contributed by atoms with E-state index in [1.165, 1.54) is 12.1 Å². The Morgan fingerprint density at radius 3 is 2.95 bits per heavy atom. The zero-order valence-electron chi connectivity index (χ0n) is 10.4. The van der Waals surface area contributed by atoms with Crippen LogP contribution < -0.4 is 5.73 Å². The molecule has 1 aromatic heterocycles. The molecule has 1 aliphatic heterocycles. The van der Waals surface area contributed by atoms with Gasteiger partial charge in [0.2, 0.25) is 0 Å². The Bertz CT molecular complexity index is 648. The molecular weight excluding hydrogens is 245 g/mol. The van der Waals surface area contributed by atoms with Gasteiger partial charge in [0.1, 0.15) is 17.3 Å². The van der Waals surface area contributed by atoms with Crippen molar-refractivity contribution < 1.29 is 9.18 Å². The molecule has 1 amide bonds. The van der Waals surface area contributed by atoms with E-state index in [2.05, 4.69) is 4.98 Å². The number of nitrogens with two attached hydrogens (primary N) is 1. The minimum absolute atomic E-state index is 0.314. The molecule has 5 heteroatoms. The summed E-state index contributed by atoms with van der Waals surface area (Å²) in [6, 6.07) is 6.24. The number of imidazole rings is 1. The summed E-state index contributed by atoms with van der Waals surface area (Å²) in [5.41, 5.74) is 7.24. The number of nitrogens with zero attached hydrogens (tertiary/aromatic N) is 2. The zero-order valence-corrected chi connectivity index (χ0v) is 10.4. The number of benzene rings is 1. The highest BCUT2D eigenvalue weighted by Gasteiger charge is 2.23. The van der Waals surface area contributed by atoms with E-state index in [-0.39, 0.29) is 5.82 Å². The molecule has 1 aromatic carbocycles. The molecule has 0 aliphatic carbocycles. The van der Waals surface area contributed by atoms with Crippen molar-refractivity contribution in [2.24, 2.45) is 5.73 Å². The molecule has 0 fully saturated rings. The van der Waals surface area contributed by atoms with Gasteiger partial charge in [-0.15, -0.1) is 0 Å². The van der Waals surface area contributed by atoms with Crippen LogP contribution in [-0.4, -0.2) is 15.5 Å². The maximum atomic E-state index is 13.3. The largest absolute Gasteiger partial charge is 0.364 e. The number of aromatic nitrogens is 2. The molecule has 98 valence electrons. The number of halogens is 1. The lowest BCUT2D eigenvalue weighted by Crippen LogP contribution is -2.17. The Kier molecular flexibility index (Phi) is 2.81. The van der Waals surface area contributed by atoms with Gasteiger partial charge >= 0.3 is 0 Å². The second-order valence-electron chi connectivity index (χ2n) is 4.71. The highest BCUT2D eigenvalue weighted by Crippen LogP contribution is 2.27. The highest BCUT2D eigenvalue weighted by atomic mass is 19.1. The molecule has 2 N–H and O–H groups in total. The lowest BCUT2D eigenvalue weighted by molar-refractivity contribution is 0.0994. The fourth-order valence-corrected chi connectivity index (χ4v) is 2.59. The first-order valence-electron chi connectivity index (χ1n) is 6.32. The van der Waals surface area contributed by atoms with Gasteiger partial charge in [0.25, 0.3) is 5.91 Å². The summed E-state index contributed by atoms with van der Waals surface area (Å²) in [7, 11) is 0. The summed E-state index contributed by atoms with van der Waals surface area (Å²) < 4.78 is 15.3. The van der Waals surface area contributed by atoms with Gasteiger partial charge in [-0.05, 0) is 31.4 Å². The van der Waals surface area contributed by atoms with E-state index in [1.807, 2.05) is 4.57 Å². The Morgan fingerprint density at radius 2 is 2.21 bits per heavy atom. The average molecular weight is 259 g/mol. The maximum absolute atomic E-state index is 13.3. The fraction of sp³-hybridized carbons (Fsp3) is 0.286. The quantitative estimate of drug-likeness (QED) is 0.898. The molecule has 0 spiro atoms. The standard InChI is InChI=1S/C14H14FN3O/c15-10-5-3-4-9(8-10)14-17-12(13(16)19)11-6-1-2-7-18(11)14/h3-5,8H,1-2,6-7H2,(H2,16,19). The minimum Gasteiger partial charge on any atom is -0.364 e. The monoisotopic (exact) mass is 259 g/mol. The second kappa shape index (κ2) is 4.50. The molecule has 4 nitrogen and oxygen atoms in total. The maximum Gasteiger partial charge on any atom is 0.269 e.